The molecular formula is C13H12FNOS. The molecule has 0 aliphatic carbocycles. The summed E-state index contributed by atoms with van der Waals surface area (Å²) in [6.07, 6.45) is 0. The largest absolute Gasteiger partial charge is 0.497 e. The lowest BCUT2D eigenvalue weighted by atomic mass is 10.3. The number of hydrogen-bond donors (Lipinski definition) is 1. The molecule has 0 aliphatic rings. The highest BCUT2D eigenvalue weighted by molar-refractivity contribution is 7.99. The lowest BCUT2D eigenvalue weighted by molar-refractivity contribution is 0.414. The Morgan fingerprint density at radius 2 is 1.82 bits per heavy atom. The summed E-state index contributed by atoms with van der Waals surface area (Å²) >= 11 is 1.49. The molecule has 0 amide bonds. The Labute approximate surface area is 104 Å². The van der Waals surface area contributed by atoms with Crippen LogP contribution in [0.2, 0.25) is 0 Å². The van der Waals surface area contributed by atoms with Crippen LogP contribution in [0.1, 0.15) is 0 Å². The normalized spacial score (nSPS) is 10.2. The van der Waals surface area contributed by atoms with Crippen LogP contribution in [0, 0.1) is 5.82 Å². The van der Waals surface area contributed by atoms with E-state index >= 15 is 0 Å². The van der Waals surface area contributed by atoms with Crippen molar-refractivity contribution in [2.24, 2.45) is 0 Å². The van der Waals surface area contributed by atoms with E-state index in [1.807, 2.05) is 24.3 Å². The predicted octanol–water partition coefficient (Wildman–Crippen LogP) is 3.57. The molecule has 0 atom stereocenters. The summed E-state index contributed by atoms with van der Waals surface area (Å²) in [7, 11) is 1.63. The smallest absolute Gasteiger partial charge is 0.125 e. The van der Waals surface area contributed by atoms with Gasteiger partial charge in [-0.3, -0.25) is 0 Å². The van der Waals surface area contributed by atoms with Gasteiger partial charge in [0.05, 0.1) is 7.11 Å². The van der Waals surface area contributed by atoms with Crippen molar-refractivity contribution in [3.8, 4) is 5.75 Å². The molecule has 0 spiro atoms. The van der Waals surface area contributed by atoms with Crippen LogP contribution in [0.3, 0.4) is 0 Å². The number of methoxy groups -OCH3 is 1. The van der Waals surface area contributed by atoms with Crippen molar-refractivity contribution < 1.29 is 9.13 Å². The fourth-order valence-electron chi connectivity index (χ4n) is 1.38. The van der Waals surface area contributed by atoms with Crippen LogP contribution >= 0.6 is 11.8 Å². The van der Waals surface area contributed by atoms with E-state index in [1.54, 1.807) is 13.2 Å². The van der Waals surface area contributed by atoms with Gasteiger partial charge in [0, 0.05) is 15.5 Å². The van der Waals surface area contributed by atoms with Gasteiger partial charge >= 0.3 is 0 Å². The Morgan fingerprint density at radius 1 is 1.12 bits per heavy atom. The van der Waals surface area contributed by atoms with Crippen LogP contribution in [-0.2, 0) is 0 Å². The molecule has 0 fully saturated rings. The molecule has 2 aromatic rings. The molecule has 88 valence electrons. The molecule has 0 saturated heterocycles. The molecule has 2 nitrogen and oxygen atoms in total. The van der Waals surface area contributed by atoms with Crippen LogP contribution in [0.25, 0.3) is 0 Å². The first-order valence-corrected chi connectivity index (χ1v) is 5.87. The SMILES string of the molecule is COc1ccc(Sc2ccc(F)cc2N)cc1. The third-order valence-corrected chi connectivity index (χ3v) is 3.36. The Hall–Kier alpha value is -1.68. The molecule has 17 heavy (non-hydrogen) atoms. The lowest BCUT2D eigenvalue weighted by Crippen LogP contribution is -1.89. The lowest BCUT2D eigenvalue weighted by Gasteiger charge is -2.06. The highest BCUT2D eigenvalue weighted by Gasteiger charge is 2.03. The Bertz CT molecular complexity index is 513. The van der Waals surface area contributed by atoms with Gasteiger partial charge in [-0.05, 0) is 42.5 Å². The summed E-state index contributed by atoms with van der Waals surface area (Å²) in [4.78, 5) is 1.88. The van der Waals surface area contributed by atoms with E-state index in [0.717, 1.165) is 15.5 Å². The van der Waals surface area contributed by atoms with Gasteiger partial charge in [0.25, 0.3) is 0 Å². The van der Waals surface area contributed by atoms with Gasteiger partial charge in [-0.1, -0.05) is 11.8 Å². The zero-order valence-electron chi connectivity index (χ0n) is 9.31. The molecule has 2 aromatic carbocycles. The zero-order valence-corrected chi connectivity index (χ0v) is 10.1. The number of anilines is 1. The van der Waals surface area contributed by atoms with Crippen LogP contribution in [-0.4, -0.2) is 7.11 Å². The van der Waals surface area contributed by atoms with Gasteiger partial charge in [-0.25, -0.2) is 4.39 Å². The standard InChI is InChI=1S/C13H12FNOS/c1-16-10-3-5-11(6-4-10)17-13-7-2-9(14)8-12(13)15/h2-8H,15H2,1H3. The van der Waals surface area contributed by atoms with E-state index in [2.05, 4.69) is 0 Å². The number of halogens is 1. The van der Waals surface area contributed by atoms with Crippen molar-refractivity contribution in [1.29, 1.82) is 0 Å². The first kappa shape index (κ1) is 11.8. The fraction of sp³-hybridized carbons (Fsp3) is 0.0769. The van der Waals surface area contributed by atoms with E-state index in [-0.39, 0.29) is 5.82 Å². The van der Waals surface area contributed by atoms with Gasteiger partial charge in [0.2, 0.25) is 0 Å². The van der Waals surface area contributed by atoms with Gasteiger partial charge in [0.15, 0.2) is 0 Å². The summed E-state index contributed by atoms with van der Waals surface area (Å²) in [5.74, 6) is 0.489. The van der Waals surface area contributed by atoms with Gasteiger partial charge in [0.1, 0.15) is 11.6 Å². The average Bonchev–Trinajstić information content (AvgIpc) is 2.34. The summed E-state index contributed by atoms with van der Waals surface area (Å²) in [5.41, 5.74) is 6.19. The summed E-state index contributed by atoms with van der Waals surface area (Å²) in [6, 6.07) is 12.0. The molecular weight excluding hydrogens is 237 g/mol. The highest BCUT2D eigenvalue weighted by Crippen LogP contribution is 2.33. The van der Waals surface area contributed by atoms with E-state index in [0.29, 0.717) is 5.69 Å². The third-order valence-electron chi connectivity index (χ3n) is 2.26. The van der Waals surface area contributed by atoms with E-state index < -0.39 is 0 Å². The molecule has 2 N–H and O–H groups in total. The second-order valence-electron chi connectivity index (χ2n) is 3.46. The molecule has 0 aromatic heterocycles. The van der Waals surface area contributed by atoms with E-state index in [4.69, 9.17) is 10.5 Å². The number of benzene rings is 2. The zero-order chi connectivity index (χ0) is 12.3. The molecule has 4 heteroatoms. The molecule has 0 heterocycles. The first-order chi connectivity index (χ1) is 8.19. The minimum absolute atomic E-state index is 0.318. The molecule has 0 bridgehead atoms. The van der Waals surface area contributed by atoms with Crippen LogP contribution in [0.4, 0.5) is 10.1 Å². The maximum absolute atomic E-state index is 12.9. The minimum atomic E-state index is -0.318. The van der Waals surface area contributed by atoms with Gasteiger partial charge < -0.3 is 10.5 Å². The van der Waals surface area contributed by atoms with Gasteiger partial charge in [-0.15, -0.1) is 0 Å². The Balaban J connectivity index is 2.19. The fourth-order valence-corrected chi connectivity index (χ4v) is 2.22. The summed E-state index contributed by atoms with van der Waals surface area (Å²) in [5, 5.41) is 0. The van der Waals surface area contributed by atoms with Crippen molar-refractivity contribution in [2.45, 2.75) is 9.79 Å². The molecule has 0 saturated carbocycles. The van der Waals surface area contributed by atoms with Crippen molar-refractivity contribution in [2.75, 3.05) is 12.8 Å². The first-order valence-electron chi connectivity index (χ1n) is 5.06. The van der Waals surface area contributed by atoms with Crippen molar-refractivity contribution in [1.82, 2.24) is 0 Å². The van der Waals surface area contributed by atoms with E-state index in [1.165, 1.54) is 23.9 Å². The summed E-state index contributed by atoms with van der Waals surface area (Å²) in [6.45, 7) is 0. The van der Waals surface area contributed by atoms with Crippen molar-refractivity contribution >= 4 is 17.4 Å². The average molecular weight is 249 g/mol. The second kappa shape index (κ2) is 5.10. The number of rotatable bonds is 3. The number of nitrogens with two attached hydrogens (primary N) is 1. The third kappa shape index (κ3) is 2.91. The van der Waals surface area contributed by atoms with Crippen LogP contribution in [0.5, 0.6) is 5.75 Å². The molecule has 0 radical (unpaired) electrons. The van der Waals surface area contributed by atoms with Crippen LogP contribution in [0.15, 0.2) is 52.3 Å². The predicted molar refractivity (Wildman–Crippen MR) is 67.9 cm³/mol. The van der Waals surface area contributed by atoms with E-state index in [9.17, 15) is 4.39 Å². The van der Waals surface area contributed by atoms with Crippen molar-refractivity contribution in [3.05, 3.63) is 48.3 Å². The number of nitrogen functional groups attached to an aromatic ring is 1. The Morgan fingerprint density at radius 3 is 2.41 bits per heavy atom. The van der Waals surface area contributed by atoms with Crippen LogP contribution < -0.4 is 10.5 Å². The quantitative estimate of drug-likeness (QED) is 0.845. The number of hydrogen-bond acceptors (Lipinski definition) is 3. The Kier molecular flexibility index (Phi) is 3.54. The highest BCUT2D eigenvalue weighted by atomic mass is 32.2. The van der Waals surface area contributed by atoms with Gasteiger partial charge in [-0.2, -0.15) is 0 Å². The number of ether oxygens (including phenoxy) is 1. The molecule has 0 unspecified atom stereocenters. The maximum atomic E-state index is 12.9. The van der Waals surface area contributed by atoms with Crippen molar-refractivity contribution in [3.63, 3.8) is 0 Å². The molecule has 2 rings (SSSR count). The topological polar surface area (TPSA) is 35.2 Å². The molecule has 0 aliphatic heterocycles. The minimum Gasteiger partial charge on any atom is -0.497 e. The second-order valence-corrected chi connectivity index (χ2v) is 4.58. The summed E-state index contributed by atoms with van der Waals surface area (Å²) < 4.78 is 18.0. The maximum Gasteiger partial charge on any atom is 0.125 e. The monoisotopic (exact) mass is 249 g/mol.